The van der Waals surface area contributed by atoms with Crippen molar-refractivity contribution < 1.29 is 17.9 Å². The van der Waals surface area contributed by atoms with Gasteiger partial charge in [-0.3, -0.25) is 4.79 Å². The molecule has 27 heavy (non-hydrogen) atoms. The number of carbonyl (C=O) groups is 1. The molecule has 0 radical (unpaired) electrons. The lowest BCUT2D eigenvalue weighted by Gasteiger charge is -2.22. The second kappa shape index (κ2) is 9.21. The zero-order valence-corrected chi connectivity index (χ0v) is 17.0. The molecule has 0 saturated heterocycles. The number of ether oxygens (including phenoxy) is 1. The lowest BCUT2D eigenvalue weighted by Crippen LogP contribution is -2.45. The third kappa shape index (κ3) is 5.69. The van der Waals surface area contributed by atoms with Crippen LogP contribution in [0.2, 0.25) is 5.02 Å². The molecule has 2 rings (SSSR count). The Morgan fingerprint density at radius 1 is 1.22 bits per heavy atom. The maximum absolute atomic E-state index is 12.6. The number of carbonyl (C=O) groups excluding carboxylic acids is 1. The Bertz CT molecular complexity index is 888. The smallest absolute Gasteiger partial charge is 0.241 e. The van der Waals surface area contributed by atoms with Gasteiger partial charge >= 0.3 is 0 Å². The summed E-state index contributed by atoms with van der Waals surface area (Å²) in [5.74, 6) is 0.0734. The number of nitrogens with one attached hydrogen (secondary N) is 1. The molecule has 8 heteroatoms. The summed E-state index contributed by atoms with van der Waals surface area (Å²) in [6.07, 6.45) is 0. The van der Waals surface area contributed by atoms with E-state index >= 15 is 0 Å². The van der Waals surface area contributed by atoms with E-state index in [-0.39, 0.29) is 15.8 Å². The third-order valence-corrected chi connectivity index (χ3v) is 5.69. The van der Waals surface area contributed by atoms with Gasteiger partial charge in [0.15, 0.2) is 0 Å². The van der Waals surface area contributed by atoms with Crippen molar-refractivity contribution in [1.82, 2.24) is 9.62 Å². The normalized spacial score (nSPS) is 12.4. The standard InChI is InChI=1S/C19H23ClN2O4S/c1-4-26-18-11-10-16(12-17(18)20)27(24,25)21-14(2)19(23)22(3)13-15-8-6-5-7-9-15/h5-12,14,21H,4,13H2,1-3H3/t14-/m0/s1. The van der Waals surface area contributed by atoms with E-state index in [2.05, 4.69) is 4.72 Å². The number of hydrogen-bond acceptors (Lipinski definition) is 4. The number of rotatable bonds is 8. The van der Waals surface area contributed by atoms with Crippen LogP contribution in [0.15, 0.2) is 53.4 Å². The highest BCUT2D eigenvalue weighted by atomic mass is 35.5. The van der Waals surface area contributed by atoms with Crippen LogP contribution in [0.3, 0.4) is 0 Å². The van der Waals surface area contributed by atoms with Gasteiger partial charge in [0.2, 0.25) is 15.9 Å². The summed E-state index contributed by atoms with van der Waals surface area (Å²) in [5.41, 5.74) is 0.960. The van der Waals surface area contributed by atoms with E-state index in [4.69, 9.17) is 16.3 Å². The molecule has 146 valence electrons. The number of halogens is 1. The minimum absolute atomic E-state index is 0.0266. The van der Waals surface area contributed by atoms with Crippen molar-refractivity contribution in [3.05, 3.63) is 59.1 Å². The predicted octanol–water partition coefficient (Wildman–Crippen LogP) is 3.06. The monoisotopic (exact) mass is 410 g/mol. The van der Waals surface area contributed by atoms with Gasteiger partial charge in [0, 0.05) is 13.6 Å². The summed E-state index contributed by atoms with van der Waals surface area (Å²) in [5, 5.41) is 0.194. The molecular formula is C19H23ClN2O4S. The van der Waals surface area contributed by atoms with Crippen LogP contribution in [-0.4, -0.2) is 38.9 Å². The molecule has 0 spiro atoms. The molecule has 0 saturated carbocycles. The van der Waals surface area contributed by atoms with Crippen LogP contribution in [0.25, 0.3) is 0 Å². The molecule has 0 bridgehead atoms. The van der Waals surface area contributed by atoms with Gasteiger partial charge in [0.05, 0.1) is 22.6 Å². The van der Waals surface area contributed by atoms with Gasteiger partial charge in [0.1, 0.15) is 5.75 Å². The van der Waals surface area contributed by atoms with Crippen LogP contribution >= 0.6 is 11.6 Å². The van der Waals surface area contributed by atoms with E-state index < -0.39 is 16.1 Å². The van der Waals surface area contributed by atoms with Crippen molar-refractivity contribution in [2.75, 3.05) is 13.7 Å². The maximum Gasteiger partial charge on any atom is 0.241 e. The van der Waals surface area contributed by atoms with Crippen LogP contribution in [0.5, 0.6) is 5.75 Å². The van der Waals surface area contributed by atoms with Crippen molar-refractivity contribution in [3.63, 3.8) is 0 Å². The minimum Gasteiger partial charge on any atom is -0.492 e. The second-order valence-electron chi connectivity index (χ2n) is 6.05. The molecule has 0 aliphatic carbocycles. The Kier molecular flexibility index (Phi) is 7.24. The lowest BCUT2D eigenvalue weighted by atomic mass is 10.2. The average Bonchev–Trinajstić information content (AvgIpc) is 2.63. The number of nitrogens with zero attached hydrogens (tertiary/aromatic N) is 1. The molecule has 1 N–H and O–H groups in total. The van der Waals surface area contributed by atoms with E-state index in [0.717, 1.165) is 5.56 Å². The first kappa shape index (κ1) is 21.2. The maximum atomic E-state index is 12.6. The summed E-state index contributed by atoms with van der Waals surface area (Å²) in [7, 11) is -2.27. The average molecular weight is 411 g/mol. The van der Waals surface area contributed by atoms with Crippen LogP contribution in [0, 0.1) is 0 Å². The summed E-state index contributed by atoms with van der Waals surface area (Å²) in [6.45, 7) is 4.13. The minimum atomic E-state index is -3.90. The van der Waals surface area contributed by atoms with E-state index in [1.54, 1.807) is 7.05 Å². The van der Waals surface area contributed by atoms with Crippen molar-refractivity contribution in [2.24, 2.45) is 0 Å². The summed E-state index contributed by atoms with van der Waals surface area (Å²) < 4.78 is 32.8. The zero-order chi connectivity index (χ0) is 20.0. The van der Waals surface area contributed by atoms with Crippen molar-refractivity contribution in [3.8, 4) is 5.75 Å². The molecule has 1 amide bonds. The molecule has 0 aliphatic rings. The van der Waals surface area contributed by atoms with E-state index in [1.165, 1.54) is 30.0 Å². The molecule has 0 aromatic heterocycles. The van der Waals surface area contributed by atoms with Crippen molar-refractivity contribution >= 4 is 27.5 Å². The van der Waals surface area contributed by atoms with Crippen LogP contribution in [0.1, 0.15) is 19.4 Å². The van der Waals surface area contributed by atoms with Gasteiger partial charge in [-0.1, -0.05) is 41.9 Å². The van der Waals surface area contributed by atoms with Crippen LogP contribution < -0.4 is 9.46 Å². The van der Waals surface area contributed by atoms with Crippen LogP contribution in [-0.2, 0) is 21.4 Å². The Hall–Kier alpha value is -2.09. The van der Waals surface area contributed by atoms with Gasteiger partial charge in [-0.05, 0) is 37.6 Å². The first-order chi connectivity index (χ1) is 12.7. The Balaban J connectivity index is 2.07. The Labute approximate surface area is 165 Å². The second-order valence-corrected chi connectivity index (χ2v) is 8.17. The number of sulfonamides is 1. The van der Waals surface area contributed by atoms with Crippen molar-refractivity contribution in [2.45, 2.75) is 31.3 Å². The number of amides is 1. The van der Waals surface area contributed by atoms with Gasteiger partial charge in [-0.25, -0.2) is 8.42 Å². The topological polar surface area (TPSA) is 75.7 Å². The van der Waals surface area contributed by atoms with Gasteiger partial charge < -0.3 is 9.64 Å². The molecule has 0 unspecified atom stereocenters. The summed E-state index contributed by atoms with van der Waals surface area (Å²) >= 11 is 6.06. The van der Waals surface area contributed by atoms with Gasteiger partial charge in [0.25, 0.3) is 0 Å². The molecular weight excluding hydrogens is 388 g/mol. The predicted molar refractivity (Wildman–Crippen MR) is 105 cm³/mol. The van der Waals surface area contributed by atoms with Gasteiger partial charge in [-0.2, -0.15) is 4.72 Å². The van der Waals surface area contributed by atoms with E-state index in [9.17, 15) is 13.2 Å². The van der Waals surface area contributed by atoms with Crippen LogP contribution in [0.4, 0.5) is 0 Å². The fourth-order valence-electron chi connectivity index (χ4n) is 2.54. The fraction of sp³-hybridized carbons (Fsp3) is 0.316. The first-order valence-electron chi connectivity index (χ1n) is 8.48. The molecule has 0 fully saturated rings. The number of hydrogen-bond donors (Lipinski definition) is 1. The van der Waals surface area contributed by atoms with Gasteiger partial charge in [-0.15, -0.1) is 0 Å². The summed E-state index contributed by atoms with van der Waals surface area (Å²) in [4.78, 5) is 14.0. The highest BCUT2D eigenvalue weighted by Gasteiger charge is 2.25. The highest BCUT2D eigenvalue weighted by molar-refractivity contribution is 7.89. The SMILES string of the molecule is CCOc1ccc(S(=O)(=O)N[C@@H](C)C(=O)N(C)Cc2ccccc2)cc1Cl. The number of likely N-dealkylation sites (N-methyl/N-ethyl adjacent to an activating group) is 1. The van der Waals surface area contributed by atoms with E-state index in [1.807, 2.05) is 37.3 Å². The quantitative estimate of drug-likeness (QED) is 0.725. The van der Waals surface area contributed by atoms with Crippen molar-refractivity contribution in [1.29, 1.82) is 0 Å². The third-order valence-electron chi connectivity index (χ3n) is 3.85. The largest absolute Gasteiger partial charge is 0.492 e. The molecule has 0 heterocycles. The fourth-order valence-corrected chi connectivity index (χ4v) is 4.06. The summed E-state index contributed by atoms with van der Waals surface area (Å²) in [6, 6.07) is 12.7. The zero-order valence-electron chi connectivity index (χ0n) is 15.5. The molecule has 6 nitrogen and oxygen atoms in total. The Morgan fingerprint density at radius 3 is 2.48 bits per heavy atom. The first-order valence-corrected chi connectivity index (χ1v) is 10.3. The Morgan fingerprint density at radius 2 is 1.89 bits per heavy atom. The molecule has 1 atom stereocenters. The number of benzene rings is 2. The lowest BCUT2D eigenvalue weighted by molar-refractivity contribution is -0.131. The van der Waals surface area contributed by atoms with E-state index in [0.29, 0.717) is 18.9 Å². The molecule has 0 aliphatic heterocycles. The molecule has 2 aromatic rings. The molecule has 2 aromatic carbocycles. The highest BCUT2D eigenvalue weighted by Crippen LogP contribution is 2.27.